The third kappa shape index (κ3) is 7.47. The van der Waals surface area contributed by atoms with Crippen molar-refractivity contribution >= 4 is 24.2 Å². The van der Waals surface area contributed by atoms with E-state index in [1.165, 1.54) is 11.1 Å². The van der Waals surface area contributed by atoms with E-state index in [2.05, 4.69) is 62.6 Å². The Bertz CT molecular complexity index is 1140. The van der Waals surface area contributed by atoms with Crippen molar-refractivity contribution in [2.75, 3.05) is 0 Å². The summed E-state index contributed by atoms with van der Waals surface area (Å²) in [6.45, 7) is 12.8. The van der Waals surface area contributed by atoms with Crippen LogP contribution in [0.15, 0.2) is 83.0 Å². The lowest BCUT2D eigenvalue weighted by atomic mass is 9.87. The molecule has 0 spiro atoms. The molecule has 0 saturated heterocycles. The van der Waals surface area contributed by atoms with Crippen LogP contribution in [0, 0.1) is 0 Å². The molecule has 186 valence electrons. The fourth-order valence-electron chi connectivity index (χ4n) is 3.37. The average Bonchev–Trinajstić information content (AvgIpc) is 2.84. The van der Waals surface area contributed by atoms with Gasteiger partial charge in [0, 0.05) is 11.1 Å². The predicted octanol–water partition coefficient (Wildman–Crippen LogP) is 5.81. The molecule has 0 aromatic heterocycles. The lowest BCUT2D eigenvalue weighted by Gasteiger charge is -2.18. The van der Waals surface area contributed by atoms with Gasteiger partial charge in [0.1, 0.15) is 0 Å². The number of carbonyl (C=O) groups is 2. The Morgan fingerprint density at radius 1 is 0.556 bits per heavy atom. The lowest BCUT2D eigenvalue weighted by molar-refractivity contribution is 0.0947. The zero-order valence-electron chi connectivity index (χ0n) is 21.8. The highest BCUT2D eigenvalue weighted by molar-refractivity contribution is 5.95. The molecule has 0 heterocycles. The molecule has 0 saturated carbocycles. The molecule has 0 aliphatic heterocycles. The highest BCUT2D eigenvalue weighted by atomic mass is 16.2. The van der Waals surface area contributed by atoms with Gasteiger partial charge in [0.25, 0.3) is 11.8 Å². The minimum absolute atomic E-state index is 0.0357. The van der Waals surface area contributed by atoms with Crippen molar-refractivity contribution in [2.45, 2.75) is 52.4 Å². The van der Waals surface area contributed by atoms with Crippen molar-refractivity contribution in [3.8, 4) is 0 Å². The Labute approximate surface area is 213 Å². The van der Waals surface area contributed by atoms with Crippen molar-refractivity contribution in [3.63, 3.8) is 0 Å². The van der Waals surface area contributed by atoms with Crippen LogP contribution in [-0.2, 0) is 10.8 Å². The number of hydrogen-bond acceptors (Lipinski definition) is 4. The fraction of sp³-hybridized carbons (Fsp3) is 0.267. The molecule has 0 fully saturated rings. The van der Waals surface area contributed by atoms with Gasteiger partial charge in [-0.2, -0.15) is 10.2 Å². The predicted molar refractivity (Wildman–Crippen MR) is 147 cm³/mol. The average molecular weight is 483 g/mol. The van der Waals surface area contributed by atoms with Crippen molar-refractivity contribution in [1.29, 1.82) is 0 Å². The maximum Gasteiger partial charge on any atom is 0.271 e. The lowest BCUT2D eigenvalue weighted by Crippen LogP contribution is -2.18. The van der Waals surface area contributed by atoms with E-state index < -0.39 is 0 Å². The quantitative estimate of drug-likeness (QED) is 0.343. The van der Waals surface area contributed by atoms with Crippen LogP contribution >= 0.6 is 0 Å². The Kier molecular flexibility index (Phi) is 8.20. The van der Waals surface area contributed by atoms with E-state index in [1.807, 2.05) is 48.5 Å². The molecule has 2 amide bonds. The van der Waals surface area contributed by atoms with E-state index in [-0.39, 0.29) is 22.6 Å². The second-order valence-corrected chi connectivity index (χ2v) is 10.7. The Balaban J connectivity index is 1.50. The molecular formula is C30H34N4O2. The largest absolute Gasteiger partial charge is 0.271 e. The smallest absolute Gasteiger partial charge is 0.267 e. The van der Waals surface area contributed by atoms with Gasteiger partial charge in [0.2, 0.25) is 0 Å². The van der Waals surface area contributed by atoms with Gasteiger partial charge in [0.05, 0.1) is 12.4 Å². The highest BCUT2D eigenvalue weighted by Gasteiger charge is 2.15. The summed E-state index contributed by atoms with van der Waals surface area (Å²) < 4.78 is 0. The normalized spacial score (nSPS) is 12.2. The minimum atomic E-state index is -0.265. The van der Waals surface area contributed by atoms with E-state index in [0.29, 0.717) is 11.1 Å². The number of nitrogens with zero attached hydrogens (tertiary/aromatic N) is 2. The number of rotatable bonds is 6. The van der Waals surface area contributed by atoms with E-state index in [0.717, 1.165) is 11.1 Å². The van der Waals surface area contributed by atoms with Gasteiger partial charge in [-0.3, -0.25) is 9.59 Å². The highest BCUT2D eigenvalue weighted by Crippen LogP contribution is 2.23. The summed E-state index contributed by atoms with van der Waals surface area (Å²) in [5.41, 5.74) is 10.3. The Hall–Kier alpha value is -4.06. The summed E-state index contributed by atoms with van der Waals surface area (Å²) in [5, 5.41) is 8.09. The van der Waals surface area contributed by atoms with Crippen molar-refractivity contribution < 1.29 is 9.59 Å². The molecule has 3 aromatic carbocycles. The molecule has 0 atom stereocenters. The Morgan fingerprint density at radius 2 is 0.861 bits per heavy atom. The van der Waals surface area contributed by atoms with E-state index >= 15 is 0 Å². The molecular weight excluding hydrogens is 448 g/mol. The maximum absolute atomic E-state index is 12.3. The van der Waals surface area contributed by atoms with Gasteiger partial charge in [-0.05, 0) is 57.3 Å². The zero-order valence-corrected chi connectivity index (χ0v) is 21.8. The minimum Gasteiger partial charge on any atom is -0.267 e. The molecule has 0 unspecified atom stereocenters. The Morgan fingerprint density at radius 3 is 1.14 bits per heavy atom. The number of benzene rings is 3. The van der Waals surface area contributed by atoms with Crippen LogP contribution < -0.4 is 10.9 Å². The summed E-state index contributed by atoms with van der Waals surface area (Å²) >= 11 is 0. The van der Waals surface area contributed by atoms with E-state index in [1.54, 1.807) is 36.7 Å². The summed E-state index contributed by atoms with van der Waals surface area (Å²) in [4.78, 5) is 24.6. The SMILES string of the molecule is CC(C)(C)c1ccc(C(=O)N/N=C/c2ccc(/C=N/NC(=O)c3ccc(C(C)(C)C)cc3)cc2)cc1. The van der Waals surface area contributed by atoms with Gasteiger partial charge >= 0.3 is 0 Å². The maximum atomic E-state index is 12.3. The molecule has 0 aliphatic rings. The van der Waals surface area contributed by atoms with Crippen LogP contribution in [0.4, 0.5) is 0 Å². The zero-order chi connectivity index (χ0) is 26.3. The molecule has 6 heteroatoms. The number of hydrazone groups is 2. The van der Waals surface area contributed by atoms with Gasteiger partial charge in [-0.15, -0.1) is 0 Å². The third-order valence-corrected chi connectivity index (χ3v) is 5.72. The third-order valence-electron chi connectivity index (χ3n) is 5.72. The van der Waals surface area contributed by atoms with Crippen molar-refractivity contribution in [1.82, 2.24) is 10.9 Å². The van der Waals surface area contributed by atoms with Gasteiger partial charge in [0.15, 0.2) is 0 Å². The topological polar surface area (TPSA) is 82.9 Å². The number of amides is 2. The molecule has 2 N–H and O–H groups in total. The molecule has 6 nitrogen and oxygen atoms in total. The molecule has 0 aliphatic carbocycles. The standard InChI is InChI=1S/C30H34N4O2/c1-29(2,3)25-15-11-23(12-16-25)27(35)33-31-19-21-7-9-22(10-8-21)20-32-34-28(36)24-13-17-26(18-14-24)30(4,5)6/h7-20H,1-6H3,(H,33,35)(H,34,36)/b31-19+,32-20+. The fourth-order valence-corrected chi connectivity index (χ4v) is 3.37. The van der Waals surface area contributed by atoms with E-state index in [9.17, 15) is 9.59 Å². The summed E-state index contributed by atoms with van der Waals surface area (Å²) in [6, 6.07) is 22.5. The van der Waals surface area contributed by atoms with Gasteiger partial charge < -0.3 is 0 Å². The first-order valence-corrected chi connectivity index (χ1v) is 11.9. The molecule has 0 bridgehead atoms. The monoisotopic (exact) mass is 482 g/mol. The second kappa shape index (κ2) is 11.1. The van der Waals surface area contributed by atoms with Crippen LogP contribution in [-0.4, -0.2) is 24.2 Å². The second-order valence-electron chi connectivity index (χ2n) is 10.7. The summed E-state index contributed by atoms with van der Waals surface area (Å²) in [7, 11) is 0. The van der Waals surface area contributed by atoms with E-state index in [4.69, 9.17) is 0 Å². The van der Waals surface area contributed by atoms with Crippen LogP contribution in [0.1, 0.15) is 84.5 Å². The van der Waals surface area contributed by atoms with Crippen LogP contribution in [0.2, 0.25) is 0 Å². The van der Waals surface area contributed by atoms with Crippen LogP contribution in [0.3, 0.4) is 0 Å². The van der Waals surface area contributed by atoms with Crippen LogP contribution in [0.25, 0.3) is 0 Å². The summed E-state index contributed by atoms with van der Waals surface area (Å²) in [6.07, 6.45) is 3.15. The van der Waals surface area contributed by atoms with Crippen LogP contribution in [0.5, 0.6) is 0 Å². The number of hydrogen-bond donors (Lipinski definition) is 2. The molecule has 3 aromatic rings. The van der Waals surface area contributed by atoms with Gasteiger partial charge in [-0.25, -0.2) is 10.9 Å². The first-order chi connectivity index (χ1) is 16.9. The number of nitrogens with one attached hydrogen (secondary N) is 2. The first kappa shape index (κ1) is 26.5. The molecule has 36 heavy (non-hydrogen) atoms. The molecule has 0 radical (unpaired) electrons. The first-order valence-electron chi connectivity index (χ1n) is 11.9. The van der Waals surface area contributed by atoms with Crippen molar-refractivity contribution in [3.05, 3.63) is 106 Å². The van der Waals surface area contributed by atoms with Gasteiger partial charge in [-0.1, -0.05) is 90.1 Å². The number of carbonyl (C=O) groups excluding carboxylic acids is 2. The molecule has 3 rings (SSSR count). The summed E-state index contributed by atoms with van der Waals surface area (Å²) in [5.74, 6) is -0.529. The van der Waals surface area contributed by atoms with Crippen molar-refractivity contribution in [2.24, 2.45) is 10.2 Å².